The molecule has 1 atom stereocenters. The summed E-state index contributed by atoms with van der Waals surface area (Å²) in [6.07, 6.45) is 10.0. The summed E-state index contributed by atoms with van der Waals surface area (Å²) in [7, 11) is 0. The van der Waals surface area contributed by atoms with Crippen molar-refractivity contribution in [2.24, 2.45) is 4.99 Å². The maximum Gasteiger partial charge on any atom is 0.145 e. The van der Waals surface area contributed by atoms with Crippen LogP contribution in [0.3, 0.4) is 0 Å². The Balaban J connectivity index is 1.86. The third-order valence-corrected chi connectivity index (χ3v) is 5.93. The number of aliphatic hydroxyl groups excluding tert-OH is 1. The van der Waals surface area contributed by atoms with Gasteiger partial charge >= 0.3 is 0 Å². The molecule has 36 heavy (non-hydrogen) atoms. The second kappa shape index (κ2) is 13.3. The fraction of sp³-hybridized carbons (Fsp3) is 0.300. The van der Waals surface area contributed by atoms with Gasteiger partial charge in [-0.15, -0.1) is 5.73 Å². The van der Waals surface area contributed by atoms with Crippen molar-refractivity contribution in [1.82, 2.24) is 20.5 Å². The average molecular weight is 484 g/mol. The number of nitrogens with one attached hydrogen (secondary N) is 2. The first kappa shape index (κ1) is 26.7. The van der Waals surface area contributed by atoms with Crippen LogP contribution in [0.25, 0.3) is 11.3 Å². The minimum Gasteiger partial charge on any atom is -0.394 e. The number of hydrogen-bond acceptors (Lipinski definition) is 5. The van der Waals surface area contributed by atoms with Crippen molar-refractivity contribution in [1.29, 1.82) is 0 Å². The van der Waals surface area contributed by atoms with Crippen molar-refractivity contribution >= 4 is 5.84 Å². The Labute approximate surface area is 215 Å². The molecule has 0 radical (unpaired) electrons. The largest absolute Gasteiger partial charge is 0.394 e. The lowest BCUT2D eigenvalue weighted by Gasteiger charge is -2.30. The highest BCUT2D eigenvalue weighted by Crippen LogP contribution is 2.20. The summed E-state index contributed by atoms with van der Waals surface area (Å²) in [5, 5.41) is 16.6. The van der Waals surface area contributed by atoms with Crippen LogP contribution in [0.2, 0.25) is 0 Å². The molecule has 0 fully saturated rings. The number of aliphatic imine (C=N–C) groups is 1. The summed E-state index contributed by atoms with van der Waals surface area (Å²) < 4.78 is 0. The smallest absolute Gasteiger partial charge is 0.145 e. The number of nitrogens with zero attached hydrogens (tertiary/aromatic N) is 3. The van der Waals surface area contributed by atoms with E-state index in [0.717, 1.165) is 34.8 Å². The maximum absolute atomic E-state index is 9.67. The third kappa shape index (κ3) is 7.08. The first-order chi connectivity index (χ1) is 17.5. The molecule has 0 bridgehead atoms. The Morgan fingerprint density at radius 3 is 2.61 bits per heavy atom. The third-order valence-electron chi connectivity index (χ3n) is 5.93. The molecule has 1 aliphatic heterocycles. The number of aromatic nitrogens is 1. The minimum absolute atomic E-state index is 0.0337. The number of rotatable bonds is 11. The van der Waals surface area contributed by atoms with Crippen LogP contribution in [0.15, 0.2) is 107 Å². The summed E-state index contributed by atoms with van der Waals surface area (Å²) in [6.45, 7) is 12.9. The lowest BCUT2D eigenvalue weighted by Crippen LogP contribution is -2.37. The summed E-state index contributed by atoms with van der Waals surface area (Å²) in [5.41, 5.74) is 8.46. The van der Waals surface area contributed by atoms with Gasteiger partial charge < -0.3 is 20.6 Å². The topological polar surface area (TPSA) is 72.8 Å². The highest BCUT2D eigenvalue weighted by molar-refractivity contribution is 6.03. The van der Waals surface area contributed by atoms with Crippen molar-refractivity contribution in [3.63, 3.8) is 0 Å². The van der Waals surface area contributed by atoms with E-state index in [1.807, 2.05) is 49.7 Å². The standard InChI is InChI=1S/C30H37N5O/c1-6-11-29(33-26(7-2)21-36)34-30-27(12-10-19-35(30)22(3)4)23(5)32-20-24-14-16-25(17-15-24)28-13-8-9-18-31-28/h6,8-9,11-19,22,26,32-33,36H,1,7,20-21H2,2-5H3/b27-23+,29-11+,34-30-/t26-/m1/s1. The Morgan fingerprint density at radius 1 is 1.22 bits per heavy atom. The second-order valence-electron chi connectivity index (χ2n) is 8.90. The monoisotopic (exact) mass is 483 g/mol. The van der Waals surface area contributed by atoms with Gasteiger partial charge in [-0.3, -0.25) is 4.98 Å². The van der Waals surface area contributed by atoms with Gasteiger partial charge in [0, 0.05) is 41.8 Å². The first-order valence-corrected chi connectivity index (χ1v) is 12.4. The number of benzene rings is 1. The van der Waals surface area contributed by atoms with E-state index in [-0.39, 0.29) is 18.7 Å². The molecule has 2 aromatic rings. The molecule has 6 nitrogen and oxygen atoms in total. The molecule has 188 valence electrons. The van der Waals surface area contributed by atoms with Gasteiger partial charge in [0.15, 0.2) is 0 Å². The fourth-order valence-electron chi connectivity index (χ4n) is 3.74. The lowest BCUT2D eigenvalue weighted by atomic mass is 10.1. The lowest BCUT2D eigenvalue weighted by molar-refractivity contribution is 0.246. The molecule has 1 aliphatic rings. The van der Waals surface area contributed by atoms with E-state index >= 15 is 0 Å². The number of allylic oxidation sites excluding steroid dienone is 3. The molecule has 0 amide bonds. The van der Waals surface area contributed by atoms with Crippen LogP contribution in [0.5, 0.6) is 0 Å². The number of amidine groups is 1. The Bertz CT molecular complexity index is 1170. The van der Waals surface area contributed by atoms with Crippen LogP contribution in [-0.2, 0) is 6.54 Å². The van der Waals surface area contributed by atoms with E-state index in [0.29, 0.717) is 12.4 Å². The van der Waals surface area contributed by atoms with Crippen LogP contribution in [-0.4, -0.2) is 39.5 Å². The average Bonchev–Trinajstić information content (AvgIpc) is 2.91. The molecular formula is C30H37N5O. The zero-order valence-electron chi connectivity index (χ0n) is 21.7. The molecule has 1 aromatic carbocycles. The van der Waals surface area contributed by atoms with Crippen molar-refractivity contribution in [2.75, 3.05) is 6.61 Å². The Kier molecular flexibility index (Phi) is 9.87. The molecule has 2 heterocycles. The van der Waals surface area contributed by atoms with Gasteiger partial charge in [-0.2, -0.15) is 0 Å². The molecule has 0 saturated carbocycles. The number of aliphatic hydroxyl groups is 1. The van der Waals surface area contributed by atoms with E-state index in [2.05, 4.69) is 77.9 Å². The highest BCUT2D eigenvalue weighted by atomic mass is 16.3. The minimum atomic E-state index is -0.0802. The van der Waals surface area contributed by atoms with E-state index < -0.39 is 0 Å². The van der Waals surface area contributed by atoms with Crippen molar-refractivity contribution < 1.29 is 5.11 Å². The maximum atomic E-state index is 9.67. The molecule has 6 heteroatoms. The van der Waals surface area contributed by atoms with Gasteiger partial charge in [0.25, 0.3) is 0 Å². The predicted molar refractivity (Wildman–Crippen MR) is 149 cm³/mol. The molecule has 0 saturated heterocycles. The van der Waals surface area contributed by atoms with Crippen LogP contribution in [0.4, 0.5) is 0 Å². The van der Waals surface area contributed by atoms with Crippen molar-refractivity contribution in [3.05, 3.63) is 108 Å². The van der Waals surface area contributed by atoms with Crippen molar-refractivity contribution in [2.45, 2.75) is 52.7 Å². The number of hydrogen-bond donors (Lipinski definition) is 3. The van der Waals surface area contributed by atoms with Gasteiger partial charge in [0.1, 0.15) is 11.7 Å². The van der Waals surface area contributed by atoms with Crippen LogP contribution in [0.1, 0.15) is 39.7 Å². The summed E-state index contributed by atoms with van der Waals surface area (Å²) >= 11 is 0. The quantitative estimate of drug-likeness (QED) is 0.299. The van der Waals surface area contributed by atoms with E-state index in [4.69, 9.17) is 4.99 Å². The predicted octanol–water partition coefficient (Wildman–Crippen LogP) is 5.29. The summed E-state index contributed by atoms with van der Waals surface area (Å²) in [5.74, 6) is 1.47. The van der Waals surface area contributed by atoms with Crippen molar-refractivity contribution in [3.8, 4) is 11.3 Å². The molecule has 3 rings (SSSR count). The van der Waals surface area contributed by atoms with Crippen LogP contribution in [0, 0.1) is 0 Å². The Hall–Kier alpha value is -3.86. The van der Waals surface area contributed by atoms with E-state index in [9.17, 15) is 5.11 Å². The zero-order chi connectivity index (χ0) is 25.9. The molecule has 0 spiro atoms. The molecule has 3 N–H and O–H groups in total. The second-order valence-corrected chi connectivity index (χ2v) is 8.90. The normalized spacial score (nSPS) is 16.9. The molecular weight excluding hydrogens is 446 g/mol. The number of pyridine rings is 1. The van der Waals surface area contributed by atoms with Gasteiger partial charge in [0.05, 0.1) is 18.3 Å². The molecule has 0 unspecified atom stereocenters. The summed E-state index contributed by atoms with van der Waals surface area (Å²) in [6, 6.07) is 14.5. The van der Waals surface area contributed by atoms with Crippen LogP contribution < -0.4 is 10.6 Å². The SMILES string of the molecule is C=C/C=C(/N=C1/C(=C(\C)NCc2ccc(-c3ccccn3)cc2)C=C=CN1C(C)C)N[C@H](CC)CO. The van der Waals surface area contributed by atoms with Gasteiger partial charge in [-0.05, 0) is 57.0 Å². The van der Waals surface area contributed by atoms with Crippen LogP contribution >= 0.6 is 0 Å². The highest BCUT2D eigenvalue weighted by Gasteiger charge is 2.21. The summed E-state index contributed by atoms with van der Waals surface area (Å²) in [4.78, 5) is 11.5. The molecule has 0 aliphatic carbocycles. The fourth-order valence-corrected chi connectivity index (χ4v) is 3.74. The molecule has 1 aromatic heterocycles. The first-order valence-electron chi connectivity index (χ1n) is 12.4. The van der Waals surface area contributed by atoms with E-state index in [1.165, 1.54) is 5.56 Å². The zero-order valence-corrected chi connectivity index (χ0v) is 21.7. The van der Waals surface area contributed by atoms with Gasteiger partial charge in [-0.25, -0.2) is 4.99 Å². The van der Waals surface area contributed by atoms with Gasteiger partial charge in [-0.1, -0.05) is 49.9 Å². The Morgan fingerprint density at radius 2 is 2.00 bits per heavy atom. The van der Waals surface area contributed by atoms with Gasteiger partial charge in [0.2, 0.25) is 0 Å². The van der Waals surface area contributed by atoms with E-state index in [1.54, 1.807) is 6.08 Å².